The molecule has 0 aliphatic heterocycles. The number of hydrogen-bond acceptors (Lipinski definition) is 4. The van der Waals surface area contributed by atoms with Crippen molar-refractivity contribution in [3.05, 3.63) is 53.9 Å². The maximum absolute atomic E-state index is 13.0. The number of carbonyl (C=O) groups excluding carboxylic acids is 1. The highest BCUT2D eigenvalue weighted by atomic mass is 16.1. The van der Waals surface area contributed by atoms with E-state index in [0.29, 0.717) is 18.2 Å². The molecule has 1 fully saturated rings. The van der Waals surface area contributed by atoms with Gasteiger partial charge in [0.05, 0.1) is 22.8 Å². The van der Waals surface area contributed by atoms with Crippen LogP contribution in [-0.4, -0.2) is 26.7 Å². The summed E-state index contributed by atoms with van der Waals surface area (Å²) in [6, 6.07) is 10.3. The first-order valence-corrected chi connectivity index (χ1v) is 10.6. The van der Waals surface area contributed by atoms with E-state index in [1.165, 1.54) is 12.8 Å². The summed E-state index contributed by atoms with van der Waals surface area (Å²) in [5.41, 5.74) is 3.34. The van der Waals surface area contributed by atoms with E-state index in [1.807, 2.05) is 48.1 Å². The van der Waals surface area contributed by atoms with Gasteiger partial charge in [-0.2, -0.15) is 5.10 Å². The molecule has 1 aliphatic carbocycles. The molecule has 0 unspecified atom stereocenters. The third kappa shape index (κ3) is 4.26. The van der Waals surface area contributed by atoms with Crippen LogP contribution in [0.2, 0.25) is 0 Å². The molecule has 0 bridgehead atoms. The van der Waals surface area contributed by atoms with Gasteiger partial charge in [-0.05, 0) is 44.1 Å². The molecule has 2 N–H and O–H groups in total. The van der Waals surface area contributed by atoms with Crippen LogP contribution in [0.4, 0.5) is 5.69 Å². The average molecular weight is 392 g/mol. The molecular formula is C23H29N5O. The average Bonchev–Trinajstić information content (AvgIpc) is 3.18. The van der Waals surface area contributed by atoms with Crippen LogP contribution in [0.3, 0.4) is 0 Å². The van der Waals surface area contributed by atoms with Crippen molar-refractivity contribution in [2.75, 3.05) is 5.32 Å². The van der Waals surface area contributed by atoms with Gasteiger partial charge in [-0.25, -0.2) is 9.67 Å². The standard InChI is InChI=1S/C23H29N5O/c1-3-28-22-19(15-26-28)21(27-18-11-9-16(2)10-12-18)20(14-24-22)23(29)25-13-17-7-5-4-6-8-17/h4-8,14-16,18H,3,9-13H2,1-2H3,(H,24,27)(H,25,29). The lowest BCUT2D eigenvalue weighted by molar-refractivity contribution is 0.0951. The van der Waals surface area contributed by atoms with Crippen LogP contribution in [0.1, 0.15) is 55.5 Å². The zero-order chi connectivity index (χ0) is 20.2. The van der Waals surface area contributed by atoms with E-state index in [0.717, 1.165) is 47.6 Å². The predicted octanol–water partition coefficient (Wildman–Crippen LogP) is 4.37. The summed E-state index contributed by atoms with van der Waals surface area (Å²) in [4.78, 5) is 17.6. The van der Waals surface area contributed by atoms with Crippen LogP contribution < -0.4 is 10.6 Å². The second-order valence-corrected chi connectivity index (χ2v) is 8.01. The lowest BCUT2D eigenvalue weighted by Crippen LogP contribution is -2.28. The molecule has 29 heavy (non-hydrogen) atoms. The molecule has 2 heterocycles. The van der Waals surface area contributed by atoms with E-state index in [9.17, 15) is 4.79 Å². The van der Waals surface area contributed by atoms with Crippen molar-refractivity contribution in [1.29, 1.82) is 0 Å². The minimum absolute atomic E-state index is 0.112. The minimum Gasteiger partial charge on any atom is -0.381 e. The minimum atomic E-state index is -0.112. The molecule has 0 saturated heterocycles. The fourth-order valence-corrected chi connectivity index (χ4v) is 4.07. The van der Waals surface area contributed by atoms with Gasteiger partial charge in [0.2, 0.25) is 0 Å². The molecule has 152 valence electrons. The Morgan fingerprint density at radius 2 is 1.90 bits per heavy atom. The Bertz CT molecular complexity index is 974. The molecule has 1 aromatic carbocycles. The molecule has 6 nitrogen and oxygen atoms in total. The maximum atomic E-state index is 13.0. The van der Waals surface area contributed by atoms with Crippen molar-refractivity contribution in [3.63, 3.8) is 0 Å². The molecule has 3 aromatic rings. The number of anilines is 1. The summed E-state index contributed by atoms with van der Waals surface area (Å²) < 4.78 is 1.87. The number of nitrogens with one attached hydrogen (secondary N) is 2. The smallest absolute Gasteiger partial charge is 0.255 e. The van der Waals surface area contributed by atoms with Crippen molar-refractivity contribution in [2.24, 2.45) is 5.92 Å². The third-order valence-corrected chi connectivity index (χ3v) is 5.87. The predicted molar refractivity (Wildman–Crippen MR) is 116 cm³/mol. The number of carbonyl (C=O) groups is 1. The van der Waals surface area contributed by atoms with Crippen LogP contribution in [0, 0.1) is 5.92 Å². The number of hydrogen-bond donors (Lipinski definition) is 2. The number of benzene rings is 1. The molecule has 0 radical (unpaired) electrons. The highest BCUT2D eigenvalue weighted by Crippen LogP contribution is 2.31. The van der Waals surface area contributed by atoms with Crippen molar-refractivity contribution in [1.82, 2.24) is 20.1 Å². The van der Waals surface area contributed by atoms with E-state index in [1.54, 1.807) is 6.20 Å². The summed E-state index contributed by atoms with van der Waals surface area (Å²) in [5.74, 6) is 0.668. The number of nitrogens with zero attached hydrogens (tertiary/aromatic N) is 3. The Hall–Kier alpha value is -2.89. The van der Waals surface area contributed by atoms with E-state index in [-0.39, 0.29) is 5.91 Å². The normalized spacial score (nSPS) is 19.2. The lowest BCUT2D eigenvalue weighted by atomic mass is 9.87. The van der Waals surface area contributed by atoms with Gasteiger partial charge in [-0.15, -0.1) is 0 Å². The molecule has 0 atom stereocenters. The number of amides is 1. The molecular weight excluding hydrogens is 362 g/mol. The van der Waals surface area contributed by atoms with Crippen LogP contribution >= 0.6 is 0 Å². The largest absolute Gasteiger partial charge is 0.381 e. The Balaban J connectivity index is 1.62. The topological polar surface area (TPSA) is 71.8 Å². The Morgan fingerprint density at radius 3 is 2.62 bits per heavy atom. The van der Waals surface area contributed by atoms with Gasteiger partial charge in [-0.3, -0.25) is 4.79 Å². The first kappa shape index (κ1) is 19.4. The third-order valence-electron chi connectivity index (χ3n) is 5.87. The lowest BCUT2D eigenvalue weighted by Gasteiger charge is -2.28. The van der Waals surface area contributed by atoms with Gasteiger partial charge in [0.25, 0.3) is 5.91 Å². The second kappa shape index (κ2) is 8.64. The van der Waals surface area contributed by atoms with Crippen LogP contribution in [-0.2, 0) is 13.1 Å². The number of pyridine rings is 1. The number of aromatic nitrogens is 3. The molecule has 2 aromatic heterocycles. The fraction of sp³-hybridized carbons (Fsp3) is 0.435. The Kier molecular flexibility index (Phi) is 5.79. The monoisotopic (exact) mass is 391 g/mol. The highest BCUT2D eigenvalue weighted by molar-refractivity contribution is 6.06. The fourth-order valence-electron chi connectivity index (χ4n) is 4.07. The Labute approximate surface area is 171 Å². The summed E-state index contributed by atoms with van der Waals surface area (Å²) in [6.45, 7) is 5.60. The SMILES string of the molecule is CCn1ncc2c(NC3CCC(C)CC3)c(C(=O)NCc3ccccc3)cnc21. The van der Waals surface area contributed by atoms with E-state index >= 15 is 0 Å². The van der Waals surface area contributed by atoms with Gasteiger partial charge in [0.15, 0.2) is 5.65 Å². The van der Waals surface area contributed by atoms with Gasteiger partial charge in [-0.1, -0.05) is 37.3 Å². The molecule has 0 spiro atoms. The van der Waals surface area contributed by atoms with Crippen molar-refractivity contribution in [3.8, 4) is 0 Å². The first-order chi connectivity index (χ1) is 14.2. The van der Waals surface area contributed by atoms with Crippen LogP contribution in [0.25, 0.3) is 11.0 Å². The van der Waals surface area contributed by atoms with Crippen molar-refractivity contribution in [2.45, 2.75) is 58.7 Å². The summed E-state index contributed by atoms with van der Waals surface area (Å²) in [7, 11) is 0. The van der Waals surface area contributed by atoms with Gasteiger partial charge >= 0.3 is 0 Å². The molecule has 1 aliphatic rings. The van der Waals surface area contributed by atoms with Crippen LogP contribution in [0.5, 0.6) is 0 Å². The maximum Gasteiger partial charge on any atom is 0.255 e. The molecule has 1 amide bonds. The second-order valence-electron chi connectivity index (χ2n) is 8.01. The molecule has 1 saturated carbocycles. The van der Waals surface area contributed by atoms with E-state index < -0.39 is 0 Å². The quantitative estimate of drug-likeness (QED) is 0.654. The summed E-state index contributed by atoms with van der Waals surface area (Å²) in [6.07, 6.45) is 8.19. The number of rotatable bonds is 6. The zero-order valence-electron chi connectivity index (χ0n) is 17.2. The Morgan fingerprint density at radius 1 is 1.14 bits per heavy atom. The summed E-state index contributed by atoms with van der Waals surface area (Å²) in [5, 5.41) is 12.1. The number of fused-ring (bicyclic) bond motifs is 1. The van der Waals surface area contributed by atoms with Gasteiger partial charge < -0.3 is 10.6 Å². The van der Waals surface area contributed by atoms with E-state index in [4.69, 9.17) is 0 Å². The van der Waals surface area contributed by atoms with Gasteiger partial charge in [0.1, 0.15) is 0 Å². The van der Waals surface area contributed by atoms with Crippen molar-refractivity contribution >= 4 is 22.6 Å². The molecule has 6 heteroatoms. The van der Waals surface area contributed by atoms with Crippen molar-refractivity contribution < 1.29 is 4.79 Å². The highest BCUT2D eigenvalue weighted by Gasteiger charge is 2.23. The summed E-state index contributed by atoms with van der Waals surface area (Å²) >= 11 is 0. The zero-order valence-corrected chi connectivity index (χ0v) is 17.2. The number of aryl methyl sites for hydroxylation is 1. The molecule has 4 rings (SSSR count). The van der Waals surface area contributed by atoms with E-state index in [2.05, 4.69) is 27.6 Å². The van der Waals surface area contributed by atoms with Crippen LogP contribution in [0.15, 0.2) is 42.7 Å². The van der Waals surface area contributed by atoms with Gasteiger partial charge in [0, 0.05) is 25.3 Å². The first-order valence-electron chi connectivity index (χ1n) is 10.6.